The molecule has 18 heavy (non-hydrogen) atoms. The van der Waals surface area contributed by atoms with E-state index in [-0.39, 0.29) is 12.4 Å². The second kappa shape index (κ2) is 4.90. The van der Waals surface area contributed by atoms with Gasteiger partial charge in [0.05, 0.1) is 18.6 Å². The lowest BCUT2D eigenvalue weighted by Crippen LogP contribution is -2.21. The monoisotopic (exact) mass is 248 g/mol. The summed E-state index contributed by atoms with van der Waals surface area (Å²) in [6.07, 6.45) is 6.50. The molecule has 1 saturated carbocycles. The van der Waals surface area contributed by atoms with Gasteiger partial charge in [-0.1, -0.05) is 18.7 Å². The third-order valence-corrected chi connectivity index (χ3v) is 3.43. The van der Waals surface area contributed by atoms with Crippen LogP contribution in [-0.4, -0.2) is 30.1 Å². The van der Waals surface area contributed by atoms with Crippen LogP contribution in [0.5, 0.6) is 0 Å². The van der Waals surface area contributed by atoms with Crippen LogP contribution < -0.4 is 0 Å². The molecule has 2 aliphatic rings. The molecule has 0 amide bonds. The Morgan fingerprint density at radius 1 is 1.44 bits per heavy atom. The van der Waals surface area contributed by atoms with E-state index in [1.807, 2.05) is 0 Å². The standard InChI is InChI=1S/C14H16O4/c1-2-3-11(14(5-6-14)13(16)17)8-10-9-18-7-4-12(10)15/h2-3,8H,1,4-7,9H2,(H,16,17)/b10-8+,11-3+. The zero-order chi connectivity index (χ0) is 13.2. The van der Waals surface area contributed by atoms with Gasteiger partial charge in [0.25, 0.3) is 0 Å². The van der Waals surface area contributed by atoms with E-state index in [0.29, 0.717) is 37.0 Å². The van der Waals surface area contributed by atoms with Crippen molar-refractivity contribution < 1.29 is 19.4 Å². The van der Waals surface area contributed by atoms with Crippen LogP contribution in [0.1, 0.15) is 19.3 Å². The number of hydrogen-bond donors (Lipinski definition) is 1. The van der Waals surface area contributed by atoms with Gasteiger partial charge in [-0.2, -0.15) is 0 Å². The van der Waals surface area contributed by atoms with Gasteiger partial charge in [-0.05, 0) is 24.5 Å². The molecule has 0 aromatic heterocycles. The number of aliphatic carboxylic acids is 1. The Morgan fingerprint density at radius 3 is 2.67 bits per heavy atom. The first-order valence-corrected chi connectivity index (χ1v) is 5.98. The summed E-state index contributed by atoms with van der Waals surface area (Å²) < 4.78 is 5.24. The number of carbonyl (C=O) groups excluding carboxylic acids is 1. The number of carbonyl (C=O) groups is 2. The molecule has 0 spiro atoms. The van der Waals surface area contributed by atoms with Gasteiger partial charge in [0, 0.05) is 12.0 Å². The first-order chi connectivity index (χ1) is 8.60. The molecule has 1 saturated heterocycles. The Bertz CT molecular complexity index is 452. The molecular weight excluding hydrogens is 232 g/mol. The predicted molar refractivity (Wildman–Crippen MR) is 66.1 cm³/mol. The first kappa shape index (κ1) is 12.8. The van der Waals surface area contributed by atoms with E-state index < -0.39 is 11.4 Å². The number of Topliss-reactive ketones (excluding diaryl/α,β-unsaturated/α-hetero) is 1. The third kappa shape index (κ3) is 2.29. The van der Waals surface area contributed by atoms with Gasteiger partial charge < -0.3 is 9.84 Å². The van der Waals surface area contributed by atoms with Crippen molar-refractivity contribution in [1.82, 2.24) is 0 Å². The number of hydrogen-bond acceptors (Lipinski definition) is 3. The SMILES string of the molecule is C=C/C=C(\C=C1/COCCC1=O)C1(C(=O)O)CC1. The highest BCUT2D eigenvalue weighted by atomic mass is 16.5. The summed E-state index contributed by atoms with van der Waals surface area (Å²) in [5.41, 5.74) is 0.388. The summed E-state index contributed by atoms with van der Waals surface area (Å²) >= 11 is 0. The second-order valence-electron chi connectivity index (χ2n) is 4.64. The van der Waals surface area contributed by atoms with Crippen molar-refractivity contribution >= 4 is 11.8 Å². The van der Waals surface area contributed by atoms with Gasteiger partial charge in [0.1, 0.15) is 0 Å². The Balaban J connectivity index is 2.30. The number of allylic oxidation sites excluding steroid dienone is 3. The lowest BCUT2D eigenvalue weighted by atomic mass is 9.92. The van der Waals surface area contributed by atoms with Gasteiger partial charge in [0.15, 0.2) is 5.78 Å². The highest BCUT2D eigenvalue weighted by Gasteiger charge is 2.52. The van der Waals surface area contributed by atoms with Crippen LogP contribution in [-0.2, 0) is 14.3 Å². The van der Waals surface area contributed by atoms with Crippen LogP contribution in [0.25, 0.3) is 0 Å². The van der Waals surface area contributed by atoms with Crippen molar-refractivity contribution in [1.29, 1.82) is 0 Å². The first-order valence-electron chi connectivity index (χ1n) is 5.98. The normalized spacial score (nSPS) is 25.0. The molecule has 1 heterocycles. The van der Waals surface area contributed by atoms with Crippen molar-refractivity contribution in [2.75, 3.05) is 13.2 Å². The molecule has 1 aliphatic carbocycles. The summed E-state index contributed by atoms with van der Waals surface area (Å²) in [4.78, 5) is 23.0. The topological polar surface area (TPSA) is 63.6 Å². The Kier molecular flexibility index (Phi) is 3.48. The second-order valence-corrected chi connectivity index (χ2v) is 4.64. The number of carboxylic acids is 1. The molecule has 0 atom stereocenters. The van der Waals surface area contributed by atoms with Crippen LogP contribution in [0.2, 0.25) is 0 Å². The maximum atomic E-state index is 11.7. The highest BCUT2D eigenvalue weighted by Crippen LogP contribution is 2.53. The third-order valence-electron chi connectivity index (χ3n) is 3.43. The van der Waals surface area contributed by atoms with Crippen LogP contribution in [0.4, 0.5) is 0 Å². The molecular formula is C14H16O4. The van der Waals surface area contributed by atoms with E-state index in [0.717, 1.165) is 0 Å². The minimum Gasteiger partial charge on any atom is -0.481 e. The fraction of sp³-hybridized carbons (Fsp3) is 0.429. The number of ketones is 1. The minimum absolute atomic E-state index is 0.0393. The molecule has 4 heteroatoms. The van der Waals surface area contributed by atoms with Gasteiger partial charge in [-0.3, -0.25) is 9.59 Å². The van der Waals surface area contributed by atoms with E-state index in [1.54, 1.807) is 18.2 Å². The average molecular weight is 248 g/mol. The molecule has 0 radical (unpaired) electrons. The fourth-order valence-electron chi connectivity index (χ4n) is 2.12. The van der Waals surface area contributed by atoms with Crippen LogP contribution in [0, 0.1) is 5.41 Å². The van der Waals surface area contributed by atoms with E-state index in [1.165, 1.54) is 0 Å². The maximum absolute atomic E-state index is 11.7. The average Bonchev–Trinajstić information content (AvgIpc) is 3.12. The van der Waals surface area contributed by atoms with Crippen LogP contribution in [0.15, 0.2) is 36.0 Å². The minimum atomic E-state index is -0.836. The summed E-state index contributed by atoms with van der Waals surface area (Å²) in [6, 6.07) is 0. The van der Waals surface area contributed by atoms with Crippen molar-refractivity contribution in [3.8, 4) is 0 Å². The summed E-state index contributed by atoms with van der Waals surface area (Å²) in [7, 11) is 0. The van der Waals surface area contributed by atoms with Gasteiger partial charge >= 0.3 is 5.97 Å². The highest BCUT2D eigenvalue weighted by molar-refractivity contribution is 5.97. The van der Waals surface area contributed by atoms with Crippen LogP contribution >= 0.6 is 0 Å². The summed E-state index contributed by atoms with van der Waals surface area (Å²) in [5, 5.41) is 9.28. The maximum Gasteiger partial charge on any atom is 0.314 e. The molecule has 1 N–H and O–H groups in total. The smallest absolute Gasteiger partial charge is 0.314 e. The van der Waals surface area contributed by atoms with E-state index in [4.69, 9.17) is 4.74 Å². The molecule has 96 valence electrons. The van der Waals surface area contributed by atoms with Crippen molar-refractivity contribution in [3.05, 3.63) is 36.0 Å². The quantitative estimate of drug-likeness (QED) is 0.609. The molecule has 1 aliphatic heterocycles. The van der Waals surface area contributed by atoms with Gasteiger partial charge in [-0.25, -0.2) is 0 Å². The van der Waals surface area contributed by atoms with Crippen LogP contribution in [0.3, 0.4) is 0 Å². The summed E-state index contributed by atoms with van der Waals surface area (Å²) in [6.45, 7) is 4.31. The molecule has 2 fully saturated rings. The molecule has 0 aromatic carbocycles. The van der Waals surface area contributed by atoms with Gasteiger partial charge in [0.2, 0.25) is 0 Å². The molecule has 2 rings (SSSR count). The zero-order valence-electron chi connectivity index (χ0n) is 10.1. The number of carboxylic acid groups (broad SMARTS) is 1. The molecule has 0 bridgehead atoms. The Labute approximate surface area is 106 Å². The largest absolute Gasteiger partial charge is 0.481 e. The molecule has 4 nitrogen and oxygen atoms in total. The molecule has 0 unspecified atom stereocenters. The zero-order valence-corrected chi connectivity index (χ0v) is 10.1. The summed E-state index contributed by atoms with van der Waals surface area (Å²) in [5.74, 6) is -0.797. The lowest BCUT2D eigenvalue weighted by Gasteiger charge is -2.17. The van der Waals surface area contributed by atoms with E-state index in [2.05, 4.69) is 6.58 Å². The van der Waals surface area contributed by atoms with Crippen molar-refractivity contribution in [2.24, 2.45) is 5.41 Å². The Hall–Kier alpha value is -1.68. The molecule has 0 aromatic rings. The van der Waals surface area contributed by atoms with Crippen molar-refractivity contribution in [2.45, 2.75) is 19.3 Å². The number of ether oxygens (including phenoxy) is 1. The predicted octanol–water partition coefficient (Wildman–Crippen LogP) is 1.88. The fourth-order valence-corrected chi connectivity index (χ4v) is 2.12. The van der Waals surface area contributed by atoms with E-state index in [9.17, 15) is 14.7 Å². The van der Waals surface area contributed by atoms with Gasteiger partial charge in [-0.15, -0.1) is 0 Å². The van der Waals surface area contributed by atoms with E-state index >= 15 is 0 Å². The Morgan fingerprint density at radius 2 is 2.17 bits per heavy atom. The lowest BCUT2D eigenvalue weighted by molar-refractivity contribution is -0.141. The number of rotatable bonds is 4. The van der Waals surface area contributed by atoms with Crippen molar-refractivity contribution in [3.63, 3.8) is 0 Å².